The van der Waals surface area contributed by atoms with Gasteiger partial charge in [-0.05, 0) is 33.8 Å². The second kappa shape index (κ2) is 8.56. The van der Waals surface area contributed by atoms with Crippen molar-refractivity contribution < 1.29 is 18.3 Å². The molecule has 160 valence electrons. The van der Waals surface area contributed by atoms with Crippen molar-refractivity contribution in [2.45, 2.75) is 39.7 Å². The van der Waals surface area contributed by atoms with Crippen LogP contribution in [0.2, 0.25) is 0 Å². The Hall–Kier alpha value is -3.37. The number of nitrogens with zero attached hydrogens (tertiary/aromatic N) is 5. The Morgan fingerprint density at radius 1 is 1.27 bits per heavy atom. The number of alkyl halides is 2. The molecule has 2 N–H and O–H groups in total. The van der Waals surface area contributed by atoms with Crippen LogP contribution in [0.15, 0.2) is 24.5 Å². The van der Waals surface area contributed by atoms with Crippen LogP contribution >= 0.6 is 0 Å². The van der Waals surface area contributed by atoms with Gasteiger partial charge in [0, 0.05) is 18.3 Å². The summed E-state index contributed by atoms with van der Waals surface area (Å²) in [4.78, 5) is 28.2. The van der Waals surface area contributed by atoms with Gasteiger partial charge in [0.2, 0.25) is 5.95 Å². The first kappa shape index (κ1) is 21.3. The molecule has 3 aromatic heterocycles. The van der Waals surface area contributed by atoms with E-state index >= 15 is 0 Å². The fourth-order valence-electron chi connectivity index (χ4n) is 2.98. The van der Waals surface area contributed by atoms with E-state index < -0.39 is 18.4 Å². The lowest BCUT2D eigenvalue weighted by Gasteiger charge is -2.15. The quantitative estimate of drug-likeness (QED) is 0.535. The van der Waals surface area contributed by atoms with Gasteiger partial charge in [-0.1, -0.05) is 0 Å². The lowest BCUT2D eigenvalue weighted by Crippen LogP contribution is -2.38. The predicted molar refractivity (Wildman–Crippen MR) is 108 cm³/mol. The number of ether oxygens (including phenoxy) is 1. The summed E-state index contributed by atoms with van der Waals surface area (Å²) in [7, 11) is 0. The number of carbonyl (C=O) groups is 1. The second-order valence-electron chi connectivity index (χ2n) is 6.85. The Balaban J connectivity index is 1.75. The molecule has 0 aliphatic rings. The number of fused-ring (bicyclic) bond motifs is 1. The van der Waals surface area contributed by atoms with Crippen LogP contribution in [0, 0.1) is 6.92 Å². The zero-order chi connectivity index (χ0) is 21.9. The molecule has 9 nitrogen and oxygen atoms in total. The third-order valence-electron chi connectivity index (χ3n) is 4.22. The molecule has 0 bridgehead atoms. The number of carbonyl (C=O) groups excluding carboxylic acids is 1. The molecular formula is C19H23F2N7O2. The highest BCUT2D eigenvalue weighted by molar-refractivity contribution is 5.79. The maximum atomic E-state index is 13.8. The van der Waals surface area contributed by atoms with Gasteiger partial charge in [0.25, 0.3) is 0 Å². The van der Waals surface area contributed by atoms with E-state index in [1.165, 1.54) is 13.1 Å². The van der Waals surface area contributed by atoms with E-state index in [2.05, 4.69) is 53.7 Å². The van der Waals surface area contributed by atoms with Gasteiger partial charge in [-0.25, -0.2) is 19.7 Å². The minimum atomic E-state index is -3.69. The first-order chi connectivity index (χ1) is 14.2. The van der Waals surface area contributed by atoms with E-state index in [1.807, 2.05) is 13.0 Å². The third kappa shape index (κ3) is 4.61. The minimum absolute atomic E-state index is 0.0619. The maximum Gasteiger partial charge on any atom is 0.378 e. The molecule has 0 amide bonds. The highest BCUT2D eigenvalue weighted by atomic mass is 19.3. The molecule has 0 saturated carbocycles. The number of nitrogens with one attached hydrogen (secondary N) is 2. The zero-order valence-electron chi connectivity index (χ0n) is 17.1. The molecule has 3 rings (SSSR count). The third-order valence-corrected chi connectivity index (χ3v) is 4.22. The number of rotatable bonds is 8. The number of esters is 1. The summed E-state index contributed by atoms with van der Waals surface area (Å²) in [5.41, 5.74) is 1.69. The van der Waals surface area contributed by atoms with Crippen LogP contribution in [0.3, 0.4) is 0 Å². The van der Waals surface area contributed by atoms with E-state index in [-0.39, 0.29) is 18.6 Å². The van der Waals surface area contributed by atoms with Crippen LogP contribution in [0.25, 0.3) is 11.0 Å². The molecule has 30 heavy (non-hydrogen) atoms. The van der Waals surface area contributed by atoms with Crippen molar-refractivity contribution in [2.75, 3.05) is 23.8 Å². The van der Waals surface area contributed by atoms with Gasteiger partial charge in [-0.2, -0.15) is 13.8 Å². The summed E-state index contributed by atoms with van der Waals surface area (Å²) in [5, 5.41) is 5.39. The molecule has 0 aromatic carbocycles. The molecule has 3 aromatic rings. The van der Waals surface area contributed by atoms with Gasteiger partial charge >= 0.3 is 11.9 Å². The van der Waals surface area contributed by atoms with Crippen LogP contribution in [-0.4, -0.2) is 49.5 Å². The lowest BCUT2D eigenvalue weighted by molar-refractivity contribution is -0.169. The van der Waals surface area contributed by atoms with Crippen LogP contribution in [-0.2, 0) is 9.53 Å². The van der Waals surface area contributed by atoms with Gasteiger partial charge in [0.05, 0.1) is 24.9 Å². The Bertz CT molecular complexity index is 1050. The van der Waals surface area contributed by atoms with Crippen molar-refractivity contribution in [1.82, 2.24) is 24.5 Å². The average Bonchev–Trinajstić information content (AvgIpc) is 3.02. The number of pyridine rings is 1. The molecule has 0 aliphatic carbocycles. The van der Waals surface area contributed by atoms with Gasteiger partial charge in [-0.3, -0.25) is 0 Å². The molecule has 0 saturated heterocycles. The standard InChI is InChI=1S/C19H23F2N7O2/c1-5-30-17(29)19(20,21)10-24-18-22-7-6-15(27-18)26-16-8-14-13(9-23-16)25-12(4)28(14)11(2)3/h6-9,11H,5,10H2,1-4H3,(H2,22,23,24,26,27). The van der Waals surface area contributed by atoms with Crippen molar-refractivity contribution >= 4 is 34.6 Å². The van der Waals surface area contributed by atoms with E-state index in [0.717, 1.165) is 16.9 Å². The monoisotopic (exact) mass is 419 g/mol. The highest BCUT2D eigenvalue weighted by Crippen LogP contribution is 2.24. The van der Waals surface area contributed by atoms with Crippen LogP contribution < -0.4 is 10.6 Å². The molecule has 0 radical (unpaired) electrons. The van der Waals surface area contributed by atoms with E-state index in [9.17, 15) is 13.6 Å². The van der Waals surface area contributed by atoms with Crippen LogP contribution in [0.5, 0.6) is 0 Å². The van der Waals surface area contributed by atoms with E-state index in [0.29, 0.717) is 11.6 Å². The van der Waals surface area contributed by atoms with Gasteiger partial charge in [0.15, 0.2) is 0 Å². The first-order valence-electron chi connectivity index (χ1n) is 9.45. The lowest BCUT2D eigenvalue weighted by atomic mass is 10.3. The van der Waals surface area contributed by atoms with Crippen molar-refractivity contribution in [2.24, 2.45) is 0 Å². The molecular weight excluding hydrogens is 396 g/mol. The van der Waals surface area contributed by atoms with Crippen molar-refractivity contribution in [1.29, 1.82) is 0 Å². The molecule has 0 aliphatic heterocycles. The predicted octanol–water partition coefficient (Wildman–Crippen LogP) is 3.46. The number of hydrogen-bond donors (Lipinski definition) is 2. The fraction of sp³-hybridized carbons (Fsp3) is 0.421. The Morgan fingerprint density at radius 3 is 2.73 bits per heavy atom. The number of halogens is 2. The summed E-state index contributed by atoms with van der Waals surface area (Å²) >= 11 is 0. The topological polar surface area (TPSA) is 107 Å². The second-order valence-corrected chi connectivity index (χ2v) is 6.85. The minimum Gasteiger partial charge on any atom is -0.462 e. The molecule has 0 spiro atoms. The Labute approximate surface area is 171 Å². The summed E-state index contributed by atoms with van der Waals surface area (Å²) in [6, 6.07) is 3.64. The molecule has 0 unspecified atom stereocenters. The summed E-state index contributed by atoms with van der Waals surface area (Å²) in [5.74, 6) is -3.59. The summed E-state index contributed by atoms with van der Waals surface area (Å²) in [6.07, 6.45) is 3.06. The molecule has 3 heterocycles. The Morgan fingerprint density at radius 2 is 2.03 bits per heavy atom. The van der Waals surface area contributed by atoms with Crippen LogP contribution in [0.4, 0.5) is 26.4 Å². The van der Waals surface area contributed by atoms with E-state index in [1.54, 1.807) is 12.3 Å². The van der Waals surface area contributed by atoms with Crippen LogP contribution in [0.1, 0.15) is 32.6 Å². The maximum absolute atomic E-state index is 13.8. The number of anilines is 3. The first-order valence-corrected chi connectivity index (χ1v) is 9.45. The van der Waals surface area contributed by atoms with Crippen molar-refractivity contribution in [3.8, 4) is 0 Å². The summed E-state index contributed by atoms with van der Waals surface area (Å²) in [6.45, 7) is 6.41. The highest BCUT2D eigenvalue weighted by Gasteiger charge is 2.40. The normalized spacial score (nSPS) is 11.7. The van der Waals surface area contributed by atoms with Gasteiger partial charge in [0.1, 0.15) is 23.0 Å². The number of imidazole rings is 1. The molecule has 11 heteroatoms. The molecule has 0 atom stereocenters. The Kier molecular flexibility index (Phi) is 6.09. The van der Waals surface area contributed by atoms with Crippen molar-refractivity contribution in [3.05, 3.63) is 30.4 Å². The zero-order valence-corrected chi connectivity index (χ0v) is 17.1. The fourth-order valence-corrected chi connectivity index (χ4v) is 2.98. The molecule has 0 fully saturated rings. The number of aromatic nitrogens is 5. The number of hydrogen-bond acceptors (Lipinski definition) is 8. The van der Waals surface area contributed by atoms with Gasteiger partial charge < -0.3 is 19.9 Å². The van der Waals surface area contributed by atoms with Crippen molar-refractivity contribution in [3.63, 3.8) is 0 Å². The summed E-state index contributed by atoms with van der Waals surface area (Å²) < 4.78 is 34.0. The van der Waals surface area contributed by atoms with Gasteiger partial charge in [-0.15, -0.1) is 0 Å². The number of aryl methyl sites for hydroxylation is 1. The average molecular weight is 419 g/mol. The smallest absolute Gasteiger partial charge is 0.378 e. The SMILES string of the molecule is CCOC(=O)C(F)(F)CNc1nccc(Nc2cc3c(cn2)nc(C)n3C(C)C)n1. The largest absolute Gasteiger partial charge is 0.462 e. The van der Waals surface area contributed by atoms with E-state index in [4.69, 9.17) is 0 Å².